The molecule has 9 heteroatoms. The predicted molar refractivity (Wildman–Crippen MR) is 128 cm³/mol. The minimum atomic E-state index is -0.493. The Kier molecular flexibility index (Phi) is 6.49. The summed E-state index contributed by atoms with van der Waals surface area (Å²) in [6, 6.07) is 16.1. The highest BCUT2D eigenvalue weighted by Gasteiger charge is 2.18. The summed E-state index contributed by atoms with van der Waals surface area (Å²) < 4.78 is 17.9. The van der Waals surface area contributed by atoms with Gasteiger partial charge in [0.05, 0.1) is 12.1 Å². The van der Waals surface area contributed by atoms with Gasteiger partial charge in [-0.25, -0.2) is 4.79 Å². The number of hydrogen-bond donors (Lipinski definition) is 1. The first-order valence-electron chi connectivity index (χ1n) is 9.03. The van der Waals surface area contributed by atoms with Crippen LogP contribution in [0.1, 0.15) is 26.0 Å². The van der Waals surface area contributed by atoms with Crippen molar-refractivity contribution in [1.29, 1.82) is 0 Å². The molecular weight excluding hydrogens is 553 g/mol. The molecule has 1 N–H and O–H groups in total. The van der Waals surface area contributed by atoms with Crippen molar-refractivity contribution >= 4 is 73.2 Å². The maximum Gasteiger partial charge on any atom is 0.349 e. The largest absolute Gasteiger partial charge is 0.486 e. The zero-order valence-corrected chi connectivity index (χ0v) is 19.8. The molecule has 1 amide bonds. The molecule has 0 atom stereocenters. The number of carbonyl (C=O) groups excluding carboxylic acids is 2. The van der Waals surface area contributed by atoms with Gasteiger partial charge in [0.2, 0.25) is 0 Å². The molecule has 2 aromatic heterocycles. The fraction of sp³-hybridized carbons (Fsp3) is 0.0909. The molecule has 2 heterocycles. The number of rotatable bonds is 6. The lowest BCUT2D eigenvalue weighted by Gasteiger charge is -2.05. The van der Waals surface area contributed by atoms with Gasteiger partial charge in [0, 0.05) is 19.3 Å². The number of carbonyl (C=O) groups is 2. The molecule has 4 aromatic rings. The van der Waals surface area contributed by atoms with Gasteiger partial charge in [-0.3, -0.25) is 4.79 Å². The first-order chi connectivity index (χ1) is 14.9. The minimum Gasteiger partial charge on any atom is -0.486 e. The van der Waals surface area contributed by atoms with Crippen LogP contribution in [-0.4, -0.2) is 19.0 Å². The van der Waals surface area contributed by atoms with Crippen LogP contribution in [0.4, 0.5) is 5.69 Å². The van der Waals surface area contributed by atoms with E-state index in [1.54, 1.807) is 30.3 Å². The average molecular weight is 568 g/mol. The molecule has 0 aliphatic carbocycles. The van der Waals surface area contributed by atoms with Gasteiger partial charge in [-0.15, -0.1) is 11.3 Å². The number of nitrogens with one attached hydrogen (secondary N) is 1. The van der Waals surface area contributed by atoms with E-state index in [0.717, 1.165) is 19.4 Å². The van der Waals surface area contributed by atoms with Crippen LogP contribution in [0.3, 0.4) is 0 Å². The molecule has 6 nitrogen and oxygen atoms in total. The van der Waals surface area contributed by atoms with E-state index in [2.05, 4.69) is 27.9 Å². The third-order valence-electron chi connectivity index (χ3n) is 4.34. The predicted octanol–water partition coefficient (Wildman–Crippen LogP) is 6.37. The van der Waals surface area contributed by atoms with Crippen molar-refractivity contribution in [1.82, 2.24) is 0 Å². The maximum atomic E-state index is 12.6. The van der Waals surface area contributed by atoms with Crippen molar-refractivity contribution in [3.63, 3.8) is 0 Å². The van der Waals surface area contributed by atoms with Crippen LogP contribution >= 0.6 is 45.5 Å². The molecule has 0 aliphatic rings. The fourth-order valence-electron chi connectivity index (χ4n) is 2.82. The Balaban J connectivity index is 1.44. The summed E-state index contributed by atoms with van der Waals surface area (Å²) in [7, 11) is 1.30. The maximum absolute atomic E-state index is 12.6. The first-order valence-corrected chi connectivity index (χ1v) is 11.3. The van der Waals surface area contributed by atoms with Gasteiger partial charge in [-0.1, -0.05) is 11.6 Å². The molecule has 158 valence electrons. The minimum absolute atomic E-state index is 0.167. The van der Waals surface area contributed by atoms with Gasteiger partial charge in [0.1, 0.15) is 23.0 Å². The molecule has 0 saturated carbocycles. The highest BCUT2D eigenvalue weighted by atomic mass is 127. The van der Waals surface area contributed by atoms with Crippen LogP contribution in [0.15, 0.2) is 59.0 Å². The summed E-state index contributed by atoms with van der Waals surface area (Å²) in [5.74, 6) is 0.535. The molecule has 0 fully saturated rings. The number of furan rings is 1. The summed E-state index contributed by atoms with van der Waals surface area (Å²) >= 11 is 9.69. The molecule has 0 saturated heterocycles. The van der Waals surface area contributed by atoms with Crippen LogP contribution in [0.25, 0.3) is 10.1 Å². The Labute approximate surface area is 200 Å². The molecule has 0 unspecified atom stereocenters. The number of ether oxygens (including phenoxy) is 2. The van der Waals surface area contributed by atoms with Crippen LogP contribution in [0, 0.1) is 3.57 Å². The van der Waals surface area contributed by atoms with E-state index in [0.29, 0.717) is 21.3 Å². The lowest BCUT2D eigenvalue weighted by atomic mass is 10.2. The van der Waals surface area contributed by atoms with Gasteiger partial charge >= 0.3 is 5.97 Å². The normalized spacial score (nSPS) is 10.8. The number of thiophene rings is 1. The molecule has 31 heavy (non-hydrogen) atoms. The number of amides is 1. The third-order valence-corrected chi connectivity index (χ3v) is 6.69. The lowest BCUT2D eigenvalue weighted by molar-refractivity contribution is 0.0606. The smallest absolute Gasteiger partial charge is 0.349 e. The van der Waals surface area contributed by atoms with E-state index in [1.165, 1.54) is 18.4 Å². The SMILES string of the molecule is COC(=O)c1sc2cc(NC(=O)c3ccc(COc4ccc(I)cc4)o3)ccc2c1Cl. The number of benzene rings is 2. The highest BCUT2D eigenvalue weighted by molar-refractivity contribution is 14.1. The molecule has 2 aromatic carbocycles. The zero-order chi connectivity index (χ0) is 22.0. The topological polar surface area (TPSA) is 77.8 Å². The first kappa shape index (κ1) is 21.7. The average Bonchev–Trinajstić information content (AvgIpc) is 3.37. The van der Waals surface area contributed by atoms with Gasteiger partial charge in [-0.05, 0) is 77.2 Å². The van der Waals surface area contributed by atoms with Crippen molar-refractivity contribution < 1.29 is 23.5 Å². The zero-order valence-electron chi connectivity index (χ0n) is 16.1. The monoisotopic (exact) mass is 567 g/mol. The molecular formula is C22H15ClINO5S. The van der Waals surface area contributed by atoms with Gasteiger partial charge in [-0.2, -0.15) is 0 Å². The Morgan fingerprint density at radius 1 is 1.13 bits per heavy atom. The van der Waals surface area contributed by atoms with Crippen LogP contribution < -0.4 is 10.1 Å². The van der Waals surface area contributed by atoms with E-state index >= 15 is 0 Å². The Morgan fingerprint density at radius 2 is 1.90 bits per heavy atom. The van der Waals surface area contributed by atoms with E-state index in [9.17, 15) is 9.59 Å². The fourth-order valence-corrected chi connectivity index (χ4v) is 4.65. The van der Waals surface area contributed by atoms with Crippen molar-refractivity contribution in [3.8, 4) is 5.75 Å². The van der Waals surface area contributed by atoms with Crippen LogP contribution in [-0.2, 0) is 11.3 Å². The van der Waals surface area contributed by atoms with E-state index in [1.807, 2.05) is 24.3 Å². The number of halogens is 2. The lowest BCUT2D eigenvalue weighted by Crippen LogP contribution is -2.10. The van der Waals surface area contributed by atoms with Crippen molar-refractivity contribution in [2.45, 2.75) is 6.61 Å². The second-order valence-electron chi connectivity index (χ2n) is 6.41. The number of esters is 1. The van der Waals surface area contributed by atoms with Gasteiger partial charge in [0.25, 0.3) is 5.91 Å². The standard InChI is InChI=1S/C22H15ClINO5S/c1-28-22(27)20-19(23)16-8-4-13(10-18(16)31-20)25-21(26)17-9-7-15(30-17)11-29-14-5-2-12(24)3-6-14/h2-10H,11H2,1H3,(H,25,26). The van der Waals surface area contributed by atoms with Crippen molar-refractivity contribution in [3.05, 3.63) is 79.6 Å². The van der Waals surface area contributed by atoms with Crippen LogP contribution in [0.2, 0.25) is 5.02 Å². The number of methoxy groups -OCH3 is 1. The van der Waals surface area contributed by atoms with Gasteiger partial charge in [0.15, 0.2) is 5.76 Å². The molecule has 0 bridgehead atoms. The number of fused-ring (bicyclic) bond motifs is 1. The number of anilines is 1. The van der Waals surface area contributed by atoms with Crippen molar-refractivity contribution in [2.75, 3.05) is 12.4 Å². The van der Waals surface area contributed by atoms with Gasteiger partial charge < -0.3 is 19.2 Å². The number of hydrogen-bond acceptors (Lipinski definition) is 6. The van der Waals surface area contributed by atoms with Crippen LogP contribution in [0.5, 0.6) is 5.75 Å². The second-order valence-corrected chi connectivity index (χ2v) is 9.09. The van der Waals surface area contributed by atoms with E-state index in [-0.39, 0.29) is 12.4 Å². The summed E-state index contributed by atoms with van der Waals surface area (Å²) in [5.41, 5.74) is 0.555. The second kappa shape index (κ2) is 9.29. The summed E-state index contributed by atoms with van der Waals surface area (Å²) in [5, 5.41) is 3.85. The quantitative estimate of drug-likeness (QED) is 0.216. The van der Waals surface area contributed by atoms with E-state index < -0.39 is 11.9 Å². The Hall–Kier alpha value is -2.56. The summed E-state index contributed by atoms with van der Waals surface area (Å²) in [6.07, 6.45) is 0. The molecule has 4 rings (SSSR count). The van der Waals surface area contributed by atoms with E-state index in [4.69, 9.17) is 25.5 Å². The molecule has 0 aliphatic heterocycles. The highest BCUT2D eigenvalue weighted by Crippen LogP contribution is 2.37. The van der Waals surface area contributed by atoms with Crippen molar-refractivity contribution in [2.24, 2.45) is 0 Å². The summed E-state index contributed by atoms with van der Waals surface area (Å²) in [6.45, 7) is 0.212. The Morgan fingerprint density at radius 3 is 2.65 bits per heavy atom. The molecule has 0 spiro atoms. The third kappa shape index (κ3) is 4.86. The summed E-state index contributed by atoms with van der Waals surface area (Å²) in [4.78, 5) is 24.7. The molecule has 0 radical (unpaired) electrons. The Bertz CT molecular complexity index is 1260.